The summed E-state index contributed by atoms with van der Waals surface area (Å²) in [6.07, 6.45) is 3.43. The predicted molar refractivity (Wildman–Crippen MR) is 78.8 cm³/mol. The number of benzene rings is 1. The van der Waals surface area contributed by atoms with Crippen molar-refractivity contribution in [2.24, 2.45) is 0 Å². The Morgan fingerprint density at radius 1 is 1.45 bits per heavy atom. The van der Waals surface area contributed by atoms with E-state index in [-0.39, 0.29) is 0 Å². The maximum absolute atomic E-state index is 9.06. The molecule has 0 fully saturated rings. The fraction of sp³-hybridized carbons (Fsp3) is 0.214. The van der Waals surface area contributed by atoms with Crippen LogP contribution in [0.2, 0.25) is 0 Å². The largest absolute Gasteiger partial charge is 0.497 e. The van der Waals surface area contributed by atoms with Crippen LogP contribution < -0.4 is 10.1 Å². The number of thioether (sulfide) groups is 1. The first-order chi connectivity index (χ1) is 9.76. The van der Waals surface area contributed by atoms with E-state index in [0.717, 1.165) is 11.3 Å². The highest BCUT2D eigenvalue weighted by Crippen LogP contribution is 2.18. The summed E-state index contributed by atoms with van der Waals surface area (Å²) in [7, 11) is 1.63. The Morgan fingerprint density at radius 3 is 3.00 bits per heavy atom. The third-order valence-electron chi connectivity index (χ3n) is 2.66. The van der Waals surface area contributed by atoms with Crippen molar-refractivity contribution in [2.45, 2.75) is 11.7 Å². The zero-order valence-electron chi connectivity index (χ0n) is 11.3. The number of rotatable bonds is 5. The molecule has 0 spiro atoms. The molecule has 0 bridgehead atoms. The summed E-state index contributed by atoms with van der Waals surface area (Å²) in [6.45, 7) is 0.566. The second-order valence-electron chi connectivity index (χ2n) is 3.94. The molecule has 1 N–H and O–H groups in total. The summed E-state index contributed by atoms with van der Waals surface area (Å²) < 4.78 is 5.18. The van der Waals surface area contributed by atoms with Crippen molar-refractivity contribution in [3.63, 3.8) is 0 Å². The van der Waals surface area contributed by atoms with Crippen LogP contribution in [0.1, 0.15) is 11.1 Å². The van der Waals surface area contributed by atoms with E-state index in [4.69, 9.17) is 10.00 Å². The number of nitrogens with zero attached hydrogens (tertiary/aromatic N) is 3. The quantitative estimate of drug-likeness (QED) is 0.673. The lowest BCUT2D eigenvalue weighted by Gasteiger charge is -2.09. The first-order valence-electron chi connectivity index (χ1n) is 5.94. The van der Waals surface area contributed by atoms with Crippen LogP contribution in [0.15, 0.2) is 35.6 Å². The van der Waals surface area contributed by atoms with Crippen LogP contribution in [-0.2, 0) is 6.54 Å². The third-order valence-corrected chi connectivity index (χ3v) is 3.23. The van der Waals surface area contributed by atoms with E-state index < -0.39 is 0 Å². The van der Waals surface area contributed by atoms with Crippen molar-refractivity contribution < 1.29 is 4.74 Å². The lowest BCUT2D eigenvalue weighted by molar-refractivity contribution is 0.414. The van der Waals surface area contributed by atoms with Crippen LogP contribution in [0.5, 0.6) is 5.75 Å². The molecule has 1 heterocycles. The molecule has 2 rings (SSSR count). The number of nitriles is 1. The Hall–Kier alpha value is -2.26. The second kappa shape index (κ2) is 6.78. The standard InChI is InChI=1S/C14H14N4OS/c1-19-12-5-3-4-10(6-12)8-16-13-11(7-15)9-17-14(18-13)20-2/h3-6,9H,8H2,1-2H3,(H,16,17,18). The van der Waals surface area contributed by atoms with Gasteiger partial charge in [0.2, 0.25) is 0 Å². The van der Waals surface area contributed by atoms with E-state index in [2.05, 4.69) is 21.4 Å². The molecule has 0 unspecified atom stereocenters. The Kier molecular flexibility index (Phi) is 4.80. The van der Waals surface area contributed by atoms with Crippen LogP contribution in [-0.4, -0.2) is 23.3 Å². The van der Waals surface area contributed by atoms with E-state index >= 15 is 0 Å². The zero-order chi connectivity index (χ0) is 14.4. The van der Waals surface area contributed by atoms with Gasteiger partial charge in [-0.1, -0.05) is 23.9 Å². The molecule has 20 heavy (non-hydrogen) atoms. The monoisotopic (exact) mass is 286 g/mol. The maximum atomic E-state index is 9.06. The minimum Gasteiger partial charge on any atom is -0.497 e. The van der Waals surface area contributed by atoms with Crippen molar-refractivity contribution in [2.75, 3.05) is 18.7 Å². The van der Waals surface area contributed by atoms with E-state index in [9.17, 15) is 0 Å². The third kappa shape index (κ3) is 3.39. The normalized spacial score (nSPS) is 9.85. The first kappa shape index (κ1) is 14.2. The number of anilines is 1. The SMILES string of the molecule is COc1cccc(CNc2nc(SC)ncc2C#N)c1. The zero-order valence-corrected chi connectivity index (χ0v) is 12.1. The summed E-state index contributed by atoms with van der Waals surface area (Å²) in [5.41, 5.74) is 1.49. The molecular formula is C14H14N4OS. The van der Waals surface area contributed by atoms with Gasteiger partial charge in [0.05, 0.1) is 13.3 Å². The Bertz CT molecular complexity index is 639. The number of hydrogen-bond donors (Lipinski definition) is 1. The maximum Gasteiger partial charge on any atom is 0.189 e. The van der Waals surface area contributed by atoms with Gasteiger partial charge >= 0.3 is 0 Å². The minimum atomic E-state index is 0.436. The van der Waals surface area contributed by atoms with Crippen molar-refractivity contribution >= 4 is 17.6 Å². The van der Waals surface area contributed by atoms with Gasteiger partial charge < -0.3 is 10.1 Å². The fourth-order valence-corrected chi connectivity index (χ4v) is 1.99. The molecule has 1 aromatic carbocycles. The molecule has 1 aromatic heterocycles. The molecule has 0 radical (unpaired) electrons. The lowest BCUT2D eigenvalue weighted by atomic mass is 10.2. The highest BCUT2D eigenvalue weighted by Gasteiger charge is 2.06. The molecule has 0 atom stereocenters. The molecular weight excluding hydrogens is 272 g/mol. The summed E-state index contributed by atoms with van der Waals surface area (Å²) >= 11 is 1.44. The van der Waals surface area contributed by atoms with Gasteiger partial charge in [0, 0.05) is 6.54 Å². The van der Waals surface area contributed by atoms with Crippen LogP contribution >= 0.6 is 11.8 Å². The first-order valence-corrected chi connectivity index (χ1v) is 7.17. The van der Waals surface area contributed by atoms with Crippen LogP contribution in [0.4, 0.5) is 5.82 Å². The Labute approximate surface area is 122 Å². The number of ether oxygens (including phenoxy) is 1. The summed E-state index contributed by atoms with van der Waals surface area (Å²) in [4.78, 5) is 8.39. The molecule has 102 valence electrons. The molecule has 0 saturated heterocycles. The average Bonchev–Trinajstić information content (AvgIpc) is 2.52. The molecule has 6 heteroatoms. The molecule has 0 aliphatic rings. The van der Waals surface area contributed by atoms with E-state index in [1.165, 1.54) is 18.0 Å². The Balaban J connectivity index is 2.15. The van der Waals surface area contributed by atoms with Gasteiger partial charge in [-0.05, 0) is 24.0 Å². The van der Waals surface area contributed by atoms with Crippen molar-refractivity contribution in [1.29, 1.82) is 5.26 Å². The Morgan fingerprint density at radius 2 is 2.30 bits per heavy atom. The average molecular weight is 286 g/mol. The lowest BCUT2D eigenvalue weighted by Crippen LogP contribution is -2.05. The van der Waals surface area contributed by atoms with Crippen molar-refractivity contribution in [1.82, 2.24) is 9.97 Å². The second-order valence-corrected chi connectivity index (χ2v) is 4.71. The highest BCUT2D eigenvalue weighted by molar-refractivity contribution is 7.98. The molecule has 2 aromatic rings. The van der Waals surface area contributed by atoms with E-state index in [0.29, 0.717) is 23.1 Å². The van der Waals surface area contributed by atoms with Gasteiger partial charge in [-0.3, -0.25) is 0 Å². The number of aromatic nitrogens is 2. The van der Waals surface area contributed by atoms with Gasteiger partial charge in [0.1, 0.15) is 23.2 Å². The van der Waals surface area contributed by atoms with Crippen molar-refractivity contribution in [3.05, 3.63) is 41.6 Å². The van der Waals surface area contributed by atoms with E-state index in [1.54, 1.807) is 7.11 Å². The fourth-order valence-electron chi connectivity index (χ4n) is 1.65. The molecule has 0 aliphatic carbocycles. The smallest absolute Gasteiger partial charge is 0.189 e. The molecule has 0 aliphatic heterocycles. The van der Waals surface area contributed by atoms with Crippen LogP contribution in [0, 0.1) is 11.3 Å². The number of methoxy groups -OCH3 is 1. The van der Waals surface area contributed by atoms with Crippen LogP contribution in [0.25, 0.3) is 0 Å². The molecule has 0 amide bonds. The summed E-state index contributed by atoms with van der Waals surface area (Å²) in [5.74, 6) is 1.35. The van der Waals surface area contributed by atoms with Gasteiger partial charge in [-0.25, -0.2) is 9.97 Å². The number of hydrogen-bond acceptors (Lipinski definition) is 6. The van der Waals surface area contributed by atoms with Crippen molar-refractivity contribution in [3.8, 4) is 11.8 Å². The minimum absolute atomic E-state index is 0.436. The van der Waals surface area contributed by atoms with Gasteiger partial charge in [0.15, 0.2) is 5.16 Å². The topological polar surface area (TPSA) is 70.8 Å². The number of nitrogens with one attached hydrogen (secondary N) is 1. The summed E-state index contributed by atoms with van der Waals surface area (Å²) in [6, 6.07) is 9.82. The van der Waals surface area contributed by atoms with Gasteiger partial charge in [0.25, 0.3) is 0 Å². The van der Waals surface area contributed by atoms with Gasteiger partial charge in [-0.2, -0.15) is 5.26 Å². The molecule has 5 nitrogen and oxygen atoms in total. The summed E-state index contributed by atoms with van der Waals surface area (Å²) in [5, 5.41) is 12.9. The van der Waals surface area contributed by atoms with Crippen LogP contribution in [0.3, 0.4) is 0 Å². The predicted octanol–water partition coefficient (Wildman–Crippen LogP) is 2.69. The van der Waals surface area contributed by atoms with Gasteiger partial charge in [-0.15, -0.1) is 0 Å². The highest BCUT2D eigenvalue weighted by atomic mass is 32.2. The molecule has 0 saturated carbocycles. The van der Waals surface area contributed by atoms with E-state index in [1.807, 2.05) is 30.5 Å².